The Balaban J connectivity index is 1.08. The normalized spacial score (nSPS) is 11.5. The number of hydrogen-bond acceptors (Lipinski definition) is 7. The van der Waals surface area contributed by atoms with Crippen LogP contribution in [-0.2, 0) is 6.42 Å². The molecule has 48 heavy (non-hydrogen) atoms. The van der Waals surface area contributed by atoms with Crippen LogP contribution >= 0.6 is 0 Å². The SMILES string of the molecule is CCc1ccc2nc(-c3ccc(N(c4ccc(-c5nc6ccccc6o5)cc4)c4ccc(-c5nc6ccccc6o5)cc4)cc3)oc2c1. The van der Waals surface area contributed by atoms with E-state index in [4.69, 9.17) is 18.2 Å². The van der Waals surface area contributed by atoms with Crippen LogP contribution in [0.1, 0.15) is 12.5 Å². The van der Waals surface area contributed by atoms with Crippen molar-refractivity contribution >= 4 is 50.4 Å². The second kappa shape index (κ2) is 11.4. The molecule has 0 radical (unpaired) electrons. The number of aromatic nitrogens is 3. The monoisotopic (exact) mass is 624 g/mol. The summed E-state index contributed by atoms with van der Waals surface area (Å²) in [6.45, 7) is 2.13. The highest BCUT2D eigenvalue weighted by Gasteiger charge is 2.17. The van der Waals surface area contributed by atoms with Crippen LogP contribution in [-0.4, -0.2) is 15.0 Å². The van der Waals surface area contributed by atoms with Gasteiger partial charge in [-0.2, -0.15) is 0 Å². The van der Waals surface area contributed by atoms with Crippen LogP contribution in [0, 0.1) is 0 Å². The van der Waals surface area contributed by atoms with E-state index in [0.717, 1.165) is 73.5 Å². The van der Waals surface area contributed by atoms with Crippen molar-refractivity contribution in [1.82, 2.24) is 15.0 Å². The fourth-order valence-corrected chi connectivity index (χ4v) is 6.01. The van der Waals surface area contributed by atoms with Gasteiger partial charge in [0.25, 0.3) is 0 Å². The minimum Gasteiger partial charge on any atom is -0.436 e. The Hall–Kier alpha value is -6.47. The molecule has 3 aromatic heterocycles. The molecule has 7 nitrogen and oxygen atoms in total. The van der Waals surface area contributed by atoms with Gasteiger partial charge in [-0.05, 0) is 121 Å². The third kappa shape index (κ3) is 4.98. The molecule has 9 rings (SSSR count). The topological polar surface area (TPSA) is 81.3 Å². The first-order chi connectivity index (χ1) is 23.7. The summed E-state index contributed by atoms with van der Waals surface area (Å²) < 4.78 is 18.2. The van der Waals surface area contributed by atoms with Crippen LogP contribution in [0.15, 0.2) is 153 Å². The van der Waals surface area contributed by atoms with E-state index in [-0.39, 0.29) is 0 Å². The number of oxazole rings is 3. The van der Waals surface area contributed by atoms with E-state index < -0.39 is 0 Å². The molecule has 6 aromatic carbocycles. The summed E-state index contributed by atoms with van der Waals surface area (Å²) in [4.78, 5) is 16.3. The number of benzene rings is 6. The van der Waals surface area contributed by atoms with Crippen molar-refractivity contribution in [3.8, 4) is 34.4 Å². The Morgan fingerprint density at radius 3 is 1.25 bits per heavy atom. The molecule has 7 heteroatoms. The zero-order valence-electron chi connectivity index (χ0n) is 26.0. The molecular formula is C41H28N4O3. The van der Waals surface area contributed by atoms with E-state index >= 15 is 0 Å². The van der Waals surface area contributed by atoms with Gasteiger partial charge in [0.2, 0.25) is 17.7 Å². The summed E-state index contributed by atoms with van der Waals surface area (Å²) in [5, 5.41) is 0. The molecule has 3 heterocycles. The molecule has 0 aliphatic carbocycles. The van der Waals surface area contributed by atoms with Crippen LogP contribution in [0.4, 0.5) is 17.1 Å². The summed E-state index contributed by atoms with van der Waals surface area (Å²) >= 11 is 0. The highest BCUT2D eigenvalue weighted by molar-refractivity contribution is 5.82. The van der Waals surface area contributed by atoms with Gasteiger partial charge in [-0.1, -0.05) is 37.3 Å². The lowest BCUT2D eigenvalue weighted by Gasteiger charge is -2.26. The Bertz CT molecular complexity index is 2360. The molecule has 0 spiro atoms. The molecule has 0 N–H and O–H groups in total. The van der Waals surface area contributed by atoms with E-state index in [1.165, 1.54) is 5.56 Å². The number of rotatable bonds is 7. The van der Waals surface area contributed by atoms with Crippen LogP contribution in [0.5, 0.6) is 0 Å². The molecule has 0 bridgehead atoms. The number of hydrogen-bond donors (Lipinski definition) is 0. The second-order valence-electron chi connectivity index (χ2n) is 11.6. The highest BCUT2D eigenvalue weighted by atomic mass is 16.4. The maximum Gasteiger partial charge on any atom is 0.227 e. The molecule has 0 saturated heterocycles. The molecule has 0 fully saturated rings. The molecule has 0 amide bonds. The number of para-hydroxylation sites is 4. The average Bonchev–Trinajstić information content (AvgIpc) is 3.89. The van der Waals surface area contributed by atoms with Crippen LogP contribution in [0.3, 0.4) is 0 Å². The Morgan fingerprint density at radius 1 is 0.438 bits per heavy atom. The first-order valence-electron chi connectivity index (χ1n) is 15.9. The van der Waals surface area contributed by atoms with E-state index in [0.29, 0.717) is 17.7 Å². The second-order valence-corrected chi connectivity index (χ2v) is 11.6. The third-order valence-electron chi connectivity index (χ3n) is 8.57. The van der Waals surface area contributed by atoms with Gasteiger partial charge >= 0.3 is 0 Å². The minimum absolute atomic E-state index is 0.589. The Morgan fingerprint density at radius 2 is 0.833 bits per heavy atom. The Kier molecular flexibility index (Phi) is 6.61. The molecule has 0 aliphatic rings. The molecule has 0 saturated carbocycles. The lowest BCUT2D eigenvalue weighted by atomic mass is 10.1. The van der Waals surface area contributed by atoms with Gasteiger partial charge in [0.1, 0.15) is 16.6 Å². The number of fused-ring (bicyclic) bond motifs is 3. The van der Waals surface area contributed by atoms with Crippen molar-refractivity contribution < 1.29 is 13.3 Å². The molecule has 0 unspecified atom stereocenters. The summed E-state index contributed by atoms with van der Waals surface area (Å²) in [5.41, 5.74) is 11.7. The van der Waals surface area contributed by atoms with Gasteiger partial charge < -0.3 is 18.2 Å². The third-order valence-corrected chi connectivity index (χ3v) is 8.57. The lowest BCUT2D eigenvalue weighted by Crippen LogP contribution is -2.09. The van der Waals surface area contributed by atoms with Crippen molar-refractivity contribution in [3.05, 3.63) is 145 Å². The quantitative estimate of drug-likeness (QED) is 0.174. The number of nitrogens with zero attached hydrogens (tertiary/aromatic N) is 4. The van der Waals surface area contributed by atoms with Gasteiger partial charge in [-0.25, -0.2) is 15.0 Å². The average molecular weight is 625 g/mol. The first kappa shape index (κ1) is 27.8. The predicted molar refractivity (Wildman–Crippen MR) is 190 cm³/mol. The Labute approximate surface area is 275 Å². The highest BCUT2D eigenvalue weighted by Crippen LogP contribution is 2.38. The summed E-state index contributed by atoms with van der Waals surface area (Å²) in [6, 6.07) is 46.5. The van der Waals surface area contributed by atoms with E-state index in [2.05, 4.69) is 70.3 Å². The van der Waals surface area contributed by atoms with Gasteiger partial charge in [0, 0.05) is 33.8 Å². The van der Waals surface area contributed by atoms with Gasteiger partial charge in [0.15, 0.2) is 16.7 Å². The first-order valence-corrected chi connectivity index (χ1v) is 15.9. The smallest absolute Gasteiger partial charge is 0.227 e. The van der Waals surface area contributed by atoms with E-state index in [1.54, 1.807) is 0 Å². The van der Waals surface area contributed by atoms with E-state index in [1.807, 2.05) is 91.0 Å². The van der Waals surface area contributed by atoms with Crippen molar-refractivity contribution in [2.75, 3.05) is 4.90 Å². The fourth-order valence-electron chi connectivity index (χ4n) is 6.01. The van der Waals surface area contributed by atoms with Gasteiger partial charge in [0.05, 0.1) is 0 Å². The summed E-state index contributed by atoms with van der Waals surface area (Å²) in [7, 11) is 0. The maximum absolute atomic E-state index is 6.17. The summed E-state index contributed by atoms with van der Waals surface area (Å²) in [5.74, 6) is 1.78. The van der Waals surface area contributed by atoms with Gasteiger partial charge in [-0.3, -0.25) is 0 Å². The van der Waals surface area contributed by atoms with Crippen LogP contribution in [0.25, 0.3) is 67.7 Å². The van der Waals surface area contributed by atoms with Crippen molar-refractivity contribution in [2.24, 2.45) is 0 Å². The van der Waals surface area contributed by atoms with Crippen LogP contribution < -0.4 is 4.90 Å². The zero-order valence-corrected chi connectivity index (χ0v) is 26.0. The minimum atomic E-state index is 0.589. The van der Waals surface area contributed by atoms with Crippen molar-refractivity contribution in [1.29, 1.82) is 0 Å². The fraction of sp³-hybridized carbons (Fsp3) is 0.0488. The van der Waals surface area contributed by atoms with Crippen molar-refractivity contribution in [2.45, 2.75) is 13.3 Å². The zero-order chi connectivity index (χ0) is 32.0. The lowest BCUT2D eigenvalue weighted by molar-refractivity contribution is 0.619. The molecular weight excluding hydrogens is 596 g/mol. The molecule has 9 aromatic rings. The maximum atomic E-state index is 6.17. The number of aryl methyl sites for hydroxylation is 1. The van der Waals surface area contributed by atoms with Gasteiger partial charge in [-0.15, -0.1) is 0 Å². The number of anilines is 3. The van der Waals surface area contributed by atoms with Crippen LogP contribution in [0.2, 0.25) is 0 Å². The molecule has 0 atom stereocenters. The summed E-state index contributed by atoms with van der Waals surface area (Å²) in [6.07, 6.45) is 0.946. The molecule has 0 aliphatic heterocycles. The molecule has 230 valence electrons. The largest absolute Gasteiger partial charge is 0.436 e. The predicted octanol–water partition coefficient (Wildman–Crippen LogP) is 11.1. The van der Waals surface area contributed by atoms with E-state index in [9.17, 15) is 0 Å². The standard InChI is InChI=1S/C41H28N4O3/c1-2-26-11-24-35-38(25-26)48-41(44-35)29-16-22-32(23-17-29)45(30-18-12-27(13-19-30)39-42-33-7-3-5-9-36(33)46-39)31-20-14-28(15-21-31)40-43-34-8-4-6-10-37(34)47-40/h3-25H,2H2,1H3. The van der Waals surface area contributed by atoms with Crippen molar-refractivity contribution in [3.63, 3.8) is 0 Å².